The maximum Gasteiger partial charge on any atom is 0.335 e. The zero-order valence-corrected chi connectivity index (χ0v) is 16.6. The predicted octanol–water partition coefficient (Wildman–Crippen LogP) is 3.56. The molecular formula is C22H23FN2O5. The molecule has 7 nitrogen and oxygen atoms in total. The number of carboxylic acid groups (broad SMARTS) is 1. The smallest absolute Gasteiger partial charge is 0.335 e. The first-order chi connectivity index (χ1) is 14.4. The van der Waals surface area contributed by atoms with Crippen LogP contribution in [0, 0.1) is 11.7 Å². The second-order valence-corrected chi connectivity index (χ2v) is 7.01. The Kier molecular flexibility index (Phi) is 6.66. The molecule has 0 saturated carbocycles. The molecule has 1 aliphatic heterocycles. The number of benzene rings is 2. The molecule has 2 aromatic rings. The van der Waals surface area contributed by atoms with E-state index in [1.807, 2.05) is 4.90 Å². The van der Waals surface area contributed by atoms with Gasteiger partial charge in [0.2, 0.25) is 0 Å². The number of nitrogens with zero attached hydrogens (tertiary/aromatic N) is 1. The minimum atomic E-state index is -1.15. The second-order valence-electron chi connectivity index (χ2n) is 7.01. The third-order valence-electron chi connectivity index (χ3n) is 4.99. The monoisotopic (exact) mass is 414 g/mol. The van der Waals surface area contributed by atoms with Gasteiger partial charge in [0.05, 0.1) is 35.0 Å². The molecule has 0 spiro atoms. The van der Waals surface area contributed by atoms with Crippen LogP contribution >= 0.6 is 0 Å². The van der Waals surface area contributed by atoms with Crippen molar-refractivity contribution in [2.24, 2.45) is 5.92 Å². The fourth-order valence-corrected chi connectivity index (χ4v) is 3.53. The highest BCUT2D eigenvalue weighted by atomic mass is 19.1. The number of amides is 1. The van der Waals surface area contributed by atoms with Crippen LogP contribution in [-0.4, -0.2) is 42.6 Å². The summed E-state index contributed by atoms with van der Waals surface area (Å²) in [6.45, 7) is 3.06. The molecule has 1 heterocycles. The van der Waals surface area contributed by atoms with Crippen molar-refractivity contribution in [2.45, 2.75) is 19.8 Å². The number of esters is 1. The van der Waals surface area contributed by atoms with E-state index in [-0.39, 0.29) is 28.7 Å². The van der Waals surface area contributed by atoms with E-state index >= 15 is 0 Å². The minimum absolute atomic E-state index is 0.0125. The van der Waals surface area contributed by atoms with Gasteiger partial charge in [-0.15, -0.1) is 0 Å². The maximum absolute atomic E-state index is 14.0. The van der Waals surface area contributed by atoms with Gasteiger partial charge in [0, 0.05) is 13.1 Å². The number of halogens is 1. The summed E-state index contributed by atoms with van der Waals surface area (Å²) in [5.74, 6) is -3.10. The summed E-state index contributed by atoms with van der Waals surface area (Å²) in [6, 6.07) is 9.91. The van der Waals surface area contributed by atoms with Crippen molar-refractivity contribution in [3.8, 4) is 0 Å². The van der Waals surface area contributed by atoms with Crippen LogP contribution in [0.2, 0.25) is 0 Å². The summed E-state index contributed by atoms with van der Waals surface area (Å²) >= 11 is 0. The lowest BCUT2D eigenvalue weighted by molar-refractivity contribution is -0.148. The van der Waals surface area contributed by atoms with E-state index < -0.39 is 17.7 Å². The topological polar surface area (TPSA) is 95.9 Å². The molecule has 1 amide bonds. The number of hydrogen-bond donors (Lipinski definition) is 2. The van der Waals surface area contributed by atoms with Crippen molar-refractivity contribution in [3.05, 3.63) is 59.4 Å². The predicted molar refractivity (Wildman–Crippen MR) is 109 cm³/mol. The van der Waals surface area contributed by atoms with Crippen molar-refractivity contribution >= 4 is 29.2 Å². The van der Waals surface area contributed by atoms with E-state index in [0.717, 1.165) is 6.42 Å². The van der Waals surface area contributed by atoms with Crippen LogP contribution in [0.15, 0.2) is 42.5 Å². The molecule has 8 heteroatoms. The van der Waals surface area contributed by atoms with E-state index in [4.69, 9.17) is 4.74 Å². The fraction of sp³-hybridized carbons (Fsp3) is 0.318. The van der Waals surface area contributed by atoms with Gasteiger partial charge in [-0.2, -0.15) is 0 Å². The molecule has 3 rings (SSSR count). The highest BCUT2D eigenvalue weighted by molar-refractivity contribution is 6.07. The Morgan fingerprint density at radius 3 is 2.70 bits per heavy atom. The average Bonchev–Trinajstić information content (AvgIpc) is 2.74. The first kappa shape index (κ1) is 21.3. The molecule has 158 valence electrons. The van der Waals surface area contributed by atoms with Crippen LogP contribution in [0.3, 0.4) is 0 Å². The van der Waals surface area contributed by atoms with Gasteiger partial charge in [0.15, 0.2) is 0 Å². The molecule has 0 unspecified atom stereocenters. The van der Waals surface area contributed by atoms with Crippen LogP contribution in [0.25, 0.3) is 0 Å². The molecule has 0 radical (unpaired) electrons. The van der Waals surface area contributed by atoms with E-state index in [0.29, 0.717) is 31.8 Å². The van der Waals surface area contributed by atoms with Crippen LogP contribution in [0.4, 0.5) is 15.8 Å². The largest absolute Gasteiger partial charge is 0.478 e. The number of ether oxygens (including phenoxy) is 1. The molecule has 0 aromatic heterocycles. The Bertz CT molecular complexity index is 962. The molecule has 1 saturated heterocycles. The molecule has 1 atom stereocenters. The first-order valence-corrected chi connectivity index (χ1v) is 9.75. The third kappa shape index (κ3) is 4.76. The summed E-state index contributed by atoms with van der Waals surface area (Å²) in [5.41, 5.74) is 0.653. The lowest BCUT2D eigenvalue weighted by Crippen LogP contribution is -2.40. The van der Waals surface area contributed by atoms with Gasteiger partial charge in [0.1, 0.15) is 5.82 Å². The lowest BCUT2D eigenvalue weighted by Gasteiger charge is -2.34. The normalized spacial score (nSPS) is 16.1. The first-order valence-electron chi connectivity index (χ1n) is 9.75. The summed E-state index contributed by atoms with van der Waals surface area (Å²) in [7, 11) is 0. The Morgan fingerprint density at radius 1 is 1.23 bits per heavy atom. The molecule has 0 bridgehead atoms. The average molecular weight is 414 g/mol. The third-order valence-corrected chi connectivity index (χ3v) is 4.99. The van der Waals surface area contributed by atoms with E-state index in [9.17, 15) is 23.9 Å². The molecule has 1 aliphatic rings. The van der Waals surface area contributed by atoms with Crippen molar-refractivity contribution < 1.29 is 28.6 Å². The van der Waals surface area contributed by atoms with Crippen LogP contribution in [0.5, 0.6) is 0 Å². The zero-order valence-electron chi connectivity index (χ0n) is 16.6. The standard InChI is InChI=1S/C22H23FN2O5/c1-2-30-22(29)15-6-5-11-25(13-15)19-10-9-14(21(27)28)12-18(19)24-20(26)16-7-3-4-8-17(16)23/h3-4,7-10,12,15H,2,5-6,11,13H2,1H3,(H,24,26)(H,27,28)/t15-/m1/s1. The number of carboxylic acids is 1. The summed E-state index contributed by atoms with van der Waals surface area (Å²) in [5, 5.41) is 12.0. The number of rotatable bonds is 6. The van der Waals surface area contributed by atoms with Gasteiger partial charge >= 0.3 is 11.9 Å². The van der Waals surface area contributed by atoms with Crippen molar-refractivity contribution in [3.63, 3.8) is 0 Å². The number of anilines is 2. The van der Waals surface area contributed by atoms with E-state index in [2.05, 4.69) is 5.32 Å². The van der Waals surface area contributed by atoms with Crippen LogP contribution in [-0.2, 0) is 9.53 Å². The summed E-state index contributed by atoms with van der Waals surface area (Å²) in [6.07, 6.45) is 1.43. The highest BCUT2D eigenvalue weighted by Crippen LogP contribution is 2.32. The minimum Gasteiger partial charge on any atom is -0.478 e. The van der Waals surface area contributed by atoms with Crippen molar-refractivity contribution in [1.29, 1.82) is 0 Å². The number of carbonyl (C=O) groups excluding carboxylic acids is 2. The maximum atomic E-state index is 14.0. The number of carbonyl (C=O) groups is 3. The van der Waals surface area contributed by atoms with Crippen molar-refractivity contribution in [2.75, 3.05) is 29.9 Å². The number of piperidine rings is 1. The van der Waals surface area contributed by atoms with Crippen LogP contribution in [0.1, 0.15) is 40.5 Å². The summed E-state index contributed by atoms with van der Waals surface area (Å²) in [4.78, 5) is 38.1. The lowest BCUT2D eigenvalue weighted by atomic mass is 9.97. The molecular weight excluding hydrogens is 391 g/mol. The Hall–Kier alpha value is -3.42. The highest BCUT2D eigenvalue weighted by Gasteiger charge is 2.28. The fourth-order valence-electron chi connectivity index (χ4n) is 3.53. The van der Waals surface area contributed by atoms with Gasteiger partial charge in [-0.1, -0.05) is 12.1 Å². The Balaban J connectivity index is 1.91. The SMILES string of the molecule is CCOC(=O)[C@@H]1CCCN(c2ccc(C(=O)O)cc2NC(=O)c2ccccc2F)C1. The van der Waals surface area contributed by atoms with Gasteiger partial charge in [-0.05, 0) is 50.1 Å². The van der Waals surface area contributed by atoms with E-state index in [1.165, 1.54) is 30.3 Å². The molecule has 30 heavy (non-hydrogen) atoms. The van der Waals surface area contributed by atoms with Gasteiger partial charge in [-0.25, -0.2) is 9.18 Å². The van der Waals surface area contributed by atoms with Crippen molar-refractivity contribution in [1.82, 2.24) is 0 Å². The number of hydrogen-bond acceptors (Lipinski definition) is 5. The van der Waals surface area contributed by atoms with E-state index in [1.54, 1.807) is 19.1 Å². The van der Waals surface area contributed by atoms with Gasteiger partial charge in [-0.3, -0.25) is 9.59 Å². The quantitative estimate of drug-likeness (QED) is 0.702. The molecule has 2 N–H and O–H groups in total. The van der Waals surface area contributed by atoms with Crippen LogP contribution < -0.4 is 10.2 Å². The Labute approximate surface area is 173 Å². The molecule has 1 fully saturated rings. The molecule has 2 aromatic carbocycles. The number of nitrogens with one attached hydrogen (secondary N) is 1. The Morgan fingerprint density at radius 2 is 2.00 bits per heavy atom. The summed E-state index contributed by atoms with van der Waals surface area (Å²) < 4.78 is 19.1. The van der Waals surface area contributed by atoms with Gasteiger partial charge < -0.3 is 20.1 Å². The number of aromatic carboxylic acids is 1. The molecule has 0 aliphatic carbocycles. The second kappa shape index (κ2) is 9.39. The zero-order chi connectivity index (χ0) is 21.7. The van der Waals surface area contributed by atoms with Gasteiger partial charge in [0.25, 0.3) is 5.91 Å².